The van der Waals surface area contributed by atoms with Crippen molar-refractivity contribution in [3.63, 3.8) is 0 Å². The first kappa shape index (κ1) is 25.3. The molecule has 0 atom stereocenters. The number of aromatic nitrogens is 4. The predicted octanol–water partition coefficient (Wildman–Crippen LogP) is 4.51. The number of likely N-dealkylation sites (tertiary alicyclic amines) is 1. The zero-order valence-electron chi connectivity index (χ0n) is 19.7. The quantitative estimate of drug-likeness (QED) is 0.469. The Morgan fingerprint density at radius 2 is 1.82 bits per heavy atom. The maximum absolute atomic E-state index is 12.8. The van der Waals surface area contributed by atoms with Crippen LogP contribution in [0.1, 0.15) is 69.4 Å². The van der Waals surface area contributed by atoms with E-state index in [-0.39, 0.29) is 17.9 Å². The van der Waals surface area contributed by atoms with Crippen molar-refractivity contribution < 1.29 is 27.5 Å². The summed E-state index contributed by atoms with van der Waals surface area (Å²) in [7, 11) is 0. The highest BCUT2D eigenvalue weighted by molar-refractivity contribution is 5.99. The van der Waals surface area contributed by atoms with Crippen molar-refractivity contribution in [1.29, 1.82) is 0 Å². The fourth-order valence-electron chi connectivity index (χ4n) is 3.43. The molecule has 1 saturated heterocycles. The molecule has 3 heterocycles. The molecule has 1 aliphatic heterocycles. The Balaban J connectivity index is 1.75. The van der Waals surface area contributed by atoms with Gasteiger partial charge >= 0.3 is 12.3 Å². The monoisotopic (exact) mass is 480 g/mol. The zero-order chi connectivity index (χ0) is 25.1. The number of hydrogen-bond donors (Lipinski definition) is 0. The Morgan fingerprint density at radius 1 is 1.15 bits per heavy atom. The largest absolute Gasteiger partial charge is 0.451 e. The topological polar surface area (TPSA) is 103 Å². The SMILES string of the molecule is CC(=NOc1ccnc(C(F)(F)F)n1)c1cnc(C)nc1C1CCN(C(=O)OC(C)(C)C)CC1. The number of nitrogens with zero attached hydrogens (tertiary/aromatic N) is 6. The summed E-state index contributed by atoms with van der Waals surface area (Å²) in [5, 5.41) is 3.95. The third kappa shape index (κ3) is 6.61. The lowest BCUT2D eigenvalue weighted by atomic mass is 9.90. The van der Waals surface area contributed by atoms with Crippen LogP contribution in [-0.4, -0.2) is 55.3 Å². The Morgan fingerprint density at radius 3 is 2.44 bits per heavy atom. The number of rotatable bonds is 4. The molecule has 1 aliphatic rings. The highest BCUT2D eigenvalue weighted by atomic mass is 19.4. The van der Waals surface area contributed by atoms with Crippen LogP contribution in [0, 0.1) is 6.92 Å². The molecule has 34 heavy (non-hydrogen) atoms. The van der Waals surface area contributed by atoms with Crippen LogP contribution >= 0.6 is 0 Å². The van der Waals surface area contributed by atoms with Crippen molar-refractivity contribution in [2.24, 2.45) is 5.16 Å². The Kier molecular flexibility index (Phi) is 7.37. The first-order valence-corrected chi connectivity index (χ1v) is 10.8. The first-order chi connectivity index (χ1) is 15.8. The second-order valence-electron chi connectivity index (χ2n) is 8.94. The van der Waals surface area contributed by atoms with Gasteiger partial charge in [0.05, 0.1) is 11.4 Å². The minimum Gasteiger partial charge on any atom is -0.444 e. The molecule has 2 aromatic rings. The summed E-state index contributed by atoms with van der Waals surface area (Å²) in [6.07, 6.45) is -1.14. The van der Waals surface area contributed by atoms with Gasteiger partial charge in [-0.2, -0.15) is 18.2 Å². The van der Waals surface area contributed by atoms with Crippen LogP contribution in [0.4, 0.5) is 18.0 Å². The van der Waals surface area contributed by atoms with Gasteiger partial charge in [0, 0.05) is 43.0 Å². The van der Waals surface area contributed by atoms with Gasteiger partial charge < -0.3 is 14.5 Å². The van der Waals surface area contributed by atoms with E-state index in [2.05, 4.69) is 25.1 Å². The smallest absolute Gasteiger partial charge is 0.444 e. The van der Waals surface area contributed by atoms with E-state index in [0.29, 0.717) is 43.0 Å². The highest BCUT2D eigenvalue weighted by Crippen LogP contribution is 2.30. The average molecular weight is 480 g/mol. The lowest BCUT2D eigenvalue weighted by Crippen LogP contribution is -2.41. The minimum atomic E-state index is -4.69. The maximum Gasteiger partial charge on any atom is 0.451 e. The minimum absolute atomic E-state index is 0.0384. The fraction of sp³-hybridized carbons (Fsp3) is 0.545. The molecular weight excluding hydrogens is 453 g/mol. The molecule has 3 rings (SSSR count). The van der Waals surface area contributed by atoms with Crippen molar-refractivity contribution in [2.75, 3.05) is 13.1 Å². The van der Waals surface area contributed by atoms with Crippen molar-refractivity contribution >= 4 is 11.8 Å². The van der Waals surface area contributed by atoms with Crippen LogP contribution in [0.5, 0.6) is 5.88 Å². The van der Waals surface area contributed by atoms with Crippen molar-refractivity contribution in [3.8, 4) is 5.88 Å². The van der Waals surface area contributed by atoms with Gasteiger partial charge in [0.1, 0.15) is 11.4 Å². The van der Waals surface area contributed by atoms with E-state index in [1.807, 2.05) is 20.8 Å². The molecule has 0 aliphatic carbocycles. The second-order valence-corrected chi connectivity index (χ2v) is 8.94. The Labute approximate surface area is 195 Å². The number of ether oxygens (including phenoxy) is 1. The molecule has 184 valence electrons. The lowest BCUT2D eigenvalue weighted by Gasteiger charge is -2.33. The number of carbonyl (C=O) groups is 1. The number of amides is 1. The molecule has 0 unspecified atom stereocenters. The molecule has 9 nitrogen and oxygen atoms in total. The molecule has 0 radical (unpaired) electrons. The van der Waals surface area contributed by atoms with E-state index in [0.717, 1.165) is 11.9 Å². The number of oxime groups is 1. The molecule has 1 amide bonds. The summed E-state index contributed by atoms with van der Waals surface area (Å²) in [5.74, 6) is -1.03. The van der Waals surface area contributed by atoms with Gasteiger partial charge in [-0.3, -0.25) is 0 Å². The molecule has 12 heteroatoms. The summed E-state index contributed by atoms with van der Waals surface area (Å²) in [5.41, 5.74) is 1.19. The second kappa shape index (κ2) is 9.90. The van der Waals surface area contributed by atoms with Crippen LogP contribution in [-0.2, 0) is 10.9 Å². The van der Waals surface area contributed by atoms with Crippen LogP contribution in [0.15, 0.2) is 23.6 Å². The third-order valence-corrected chi connectivity index (χ3v) is 5.02. The average Bonchev–Trinajstić information content (AvgIpc) is 2.76. The standard InChI is InChI=1S/C22H27F3N6O3/c1-13(30-34-17-6-9-26-19(29-17)22(23,24)25)16-12-27-14(2)28-18(16)15-7-10-31(11-8-15)20(32)33-21(3,4)5/h6,9,12,15H,7-8,10-11H2,1-5H3. The van der Waals surface area contributed by atoms with Gasteiger partial charge in [-0.15, -0.1) is 0 Å². The Hall–Kier alpha value is -3.31. The molecule has 0 aromatic carbocycles. The van der Waals surface area contributed by atoms with Crippen molar-refractivity contribution in [2.45, 2.75) is 65.2 Å². The predicted molar refractivity (Wildman–Crippen MR) is 116 cm³/mol. The molecule has 0 spiro atoms. The summed E-state index contributed by atoms with van der Waals surface area (Å²) in [6, 6.07) is 1.19. The number of hydrogen-bond acceptors (Lipinski definition) is 8. The number of carbonyl (C=O) groups excluding carboxylic acids is 1. The summed E-state index contributed by atoms with van der Waals surface area (Å²) >= 11 is 0. The summed E-state index contributed by atoms with van der Waals surface area (Å²) in [6.45, 7) is 9.91. The molecule has 0 N–H and O–H groups in total. The van der Waals surface area contributed by atoms with Gasteiger partial charge in [-0.25, -0.2) is 19.7 Å². The third-order valence-electron chi connectivity index (χ3n) is 5.02. The zero-order valence-corrected chi connectivity index (χ0v) is 19.7. The van der Waals surface area contributed by atoms with Crippen LogP contribution in [0.3, 0.4) is 0 Å². The van der Waals surface area contributed by atoms with E-state index in [9.17, 15) is 18.0 Å². The molecule has 0 bridgehead atoms. The van der Waals surface area contributed by atoms with Crippen LogP contribution < -0.4 is 4.84 Å². The van der Waals surface area contributed by atoms with Gasteiger partial charge in [-0.1, -0.05) is 5.16 Å². The van der Waals surface area contributed by atoms with Crippen LogP contribution in [0.2, 0.25) is 0 Å². The number of halogens is 3. The van der Waals surface area contributed by atoms with Crippen LogP contribution in [0.25, 0.3) is 0 Å². The van der Waals surface area contributed by atoms with Gasteiger partial charge in [0.2, 0.25) is 5.82 Å². The normalized spacial score (nSPS) is 15.9. The lowest BCUT2D eigenvalue weighted by molar-refractivity contribution is -0.145. The van der Waals surface area contributed by atoms with E-state index in [1.54, 1.807) is 24.9 Å². The molecule has 0 saturated carbocycles. The molecule has 2 aromatic heterocycles. The summed E-state index contributed by atoms with van der Waals surface area (Å²) < 4.78 is 43.9. The highest BCUT2D eigenvalue weighted by Gasteiger charge is 2.35. The van der Waals surface area contributed by atoms with E-state index < -0.39 is 17.6 Å². The Bertz CT molecular complexity index is 1060. The van der Waals surface area contributed by atoms with Crippen molar-refractivity contribution in [1.82, 2.24) is 24.8 Å². The summed E-state index contributed by atoms with van der Waals surface area (Å²) in [4.78, 5) is 34.5. The van der Waals surface area contributed by atoms with E-state index >= 15 is 0 Å². The van der Waals surface area contributed by atoms with E-state index in [1.165, 1.54) is 6.07 Å². The molecule has 1 fully saturated rings. The fourth-order valence-corrected chi connectivity index (χ4v) is 3.43. The molecular formula is C22H27F3N6O3. The number of alkyl halides is 3. The maximum atomic E-state index is 12.8. The van der Waals surface area contributed by atoms with Gasteiger partial charge in [-0.05, 0) is 47.5 Å². The van der Waals surface area contributed by atoms with Crippen molar-refractivity contribution in [3.05, 3.63) is 41.4 Å². The van der Waals surface area contributed by atoms with E-state index in [4.69, 9.17) is 9.57 Å². The van der Waals surface area contributed by atoms with Gasteiger partial charge in [0.15, 0.2) is 0 Å². The van der Waals surface area contributed by atoms with Gasteiger partial charge in [0.25, 0.3) is 5.88 Å². The first-order valence-electron chi connectivity index (χ1n) is 10.8. The number of piperidine rings is 1. The number of aryl methyl sites for hydroxylation is 1.